The van der Waals surface area contributed by atoms with Crippen molar-refractivity contribution in [3.8, 4) is 23.7 Å². The molecule has 0 saturated carbocycles. The SMILES string of the molecule is COc1ccc(C#CCC#N)cc1CC(=O)O. The number of aliphatic carboxylic acids is 1. The summed E-state index contributed by atoms with van der Waals surface area (Å²) in [5.41, 5.74) is 1.25. The third kappa shape index (κ3) is 3.89. The number of carboxylic acids is 1. The Morgan fingerprint density at radius 3 is 2.88 bits per heavy atom. The van der Waals surface area contributed by atoms with E-state index >= 15 is 0 Å². The minimum atomic E-state index is -0.926. The van der Waals surface area contributed by atoms with Crippen LogP contribution in [0, 0.1) is 23.2 Å². The summed E-state index contributed by atoms with van der Waals surface area (Å²) in [6.45, 7) is 0. The predicted molar refractivity (Wildman–Crippen MR) is 61.4 cm³/mol. The van der Waals surface area contributed by atoms with Gasteiger partial charge in [-0.1, -0.05) is 11.8 Å². The van der Waals surface area contributed by atoms with Crippen molar-refractivity contribution in [3.05, 3.63) is 29.3 Å². The maximum Gasteiger partial charge on any atom is 0.307 e. The van der Waals surface area contributed by atoms with E-state index < -0.39 is 5.97 Å². The first-order chi connectivity index (χ1) is 8.17. The van der Waals surface area contributed by atoms with Gasteiger partial charge in [0.2, 0.25) is 0 Å². The minimum absolute atomic E-state index is 0.114. The highest BCUT2D eigenvalue weighted by Gasteiger charge is 2.07. The van der Waals surface area contributed by atoms with Gasteiger partial charge >= 0.3 is 5.97 Å². The molecular weight excluding hydrogens is 218 g/mol. The summed E-state index contributed by atoms with van der Waals surface area (Å²) in [4.78, 5) is 10.7. The number of hydrogen-bond acceptors (Lipinski definition) is 3. The molecule has 86 valence electrons. The molecule has 1 aromatic rings. The average molecular weight is 229 g/mol. The van der Waals surface area contributed by atoms with Gasteiger partial charge in [0.05, 0.1) is 26.0 Å². The second-order valence-electron chi connectivity index (χ2n) is 3.23. The van der Waals surface area contributed by atoms with Crippen molar-refractivity contribution in [2.75, 3.05) is 7.11 Å². The second kappa shape index (κ2) is 6.19. The molecule has 0 aliphatic heterocycles. The third-order valence-corrected chi connectivity index (χ3v) is 2.02. The summed E-state index contributed by atoms with van der Waals surface area (Å²) in [6, 6.07) is 6.98. The van der Waals surface area contributed by atoms with Gasteiger partial charge in [0.15, 0.2) is 0 Å². The third-order valence-electron chi connectivity index (χ3n) is 2.02. The molecule has 1 aromatic carbocycles. The highest BCUT2D eigenvalue weighted by atomic mass is 16.5. The van der Waals surface area contributed by atoms with Crippen molar-refractivity contribution in [1.82, 2.24) is 0 Å². The van der Waals surface area contributed by atoms with Crippen molar-refractivity contribution >= 4 is 5.97 Å². The van der Waals surface area contributed by atoms with Crippen LogP contribution in [-0.2, 0) is 11.2 Å². The van der Waals surface area contributed by atoms with Gasteiger partial charge in [0, 0.05) is 11.1 Å². The lowest BCUT2D eigenvalue weighted by molar-refractivity contribution is -0.136. The molecule has 0 aromatic heterocycles. The molecule has 0 bridgehead atoms. The van der Waals surface area contributed by atoms with Crippen LogP contribution in [0.15, 0.2) is 18.2 Å². The van der Waals surface area contributed by atoms with Crippen molar-refractivity contribution in [2.45, 2.75) is 12.8 Å². The molecule has 0 fully saturated rings. The Balaban J connectivity index is 3.02. The zero-order valence-corrected chi connectivity index (χ0v) is 9.36. The van der Waals surface area contributed by atoms with Crippen LogP contribution < -0.4 is 4.74 Å². The number of carboxylic acid groups (broad SMARTS) is 1. The maximum absolute atomic E-state index is 10.7. The van der Waals surface area contributed by atoms with Crippen molar-refractivity contribution in [1.29, 1.82) is 5.26 Å². The molecule has 0 aliphatic carbocycles. The molecule has 0 amide bonds. The fourth-order valence-corrected chi connectivity index (χ4v) is 1.34. The molecule has 17 heavy (non-hydrogen) atoms. The number of nitrogens with zero attached hydrogens (tertiary/aromatic N) is 1. The van der Waals surface area contributed by atoms with Crippen molar-refractivity contribution in [2.24, 2.45) is 0 Å². The van der Waals surface area contributed by atoms with Gasteiger partial charge in [-0.3, -0.25) is 4.79 Å². The van der Waals surface area contributed by atoms with E-state index in [-0.39, 0.29) is 12.8 Å². The Kier molecular flexibility index (Phi) is 4.59. The Hall–Kier alpha value is -2.46. The largest absolute Gasteiger partial charge is 0.496 e. The fourth-order valence-electron chi connectivity index (χ4n) is 1.34. The topological polar surface area (TPSA) is 70.3 Å². The van der Waals surface area contributed by atoms with E-state index in [1.165, 1.54) is 7.11 Å². The van der Waals surface area contributed by atoms with Gasteiger partial charge in [-0.05, 0) is 18.2 Å². The van der Waals surface area contributed by atoms with Gasteiger partial charge in [-0.25, -0.2) is 0 Å². The molecule has 0 unspecified atom stereocenters. The molecule has 0 spiro atoms. The summed E-state index contributed by atoms with van der Waals surface area (Å²) in [5.74, 6) is 5.06. The lowest BCUT2D eigenvalue weighted by atomic mass is 10.1. The van der Waals surface area contributed by atoms with Crippen LogP contribution in [0.25, 0.3) is 0 Å². The number of carbonyl (C=O) groups is 1. The number of methoxy groups -OCH3 is 1. The zero-order valence-electron chi connectivity index (χ0n) is 9.36. The number of nitriles is 1. The van der Waals surface area contributed by atoms with Gasteiger partial charge in [0.1, 0.15) is 5.75 Å². The number of hydrogen-bond donors (Lipinski definition) is 1. The van der Waals surface area contributed by atoms with Crippen LogP contribution >= 0.6 is 0 Å². The summed E-state index contributed by atoms with van der Waals surface area (Å²) < 4.78 is 5.06. The normalized spacial score (nSPS) is 8.71. The van der Waals surface area contributed by atoms with E-state index in [0.717, 1.165) is 0 Å². The molecule has 4 heteroatoms. The molecule has 4 nitrogen and oxygen atoms in total. The van der Waals surface area contributed by atoms with Crippen LogP contribution in [0.4, 0.5) is 0 Å². The van der Waals surface area contributed by atoms with E-state index in [9.17, 15) is 4.79 Å². The standard InChI is InChI=1S/C13H11NO3/c1-17-12-6-5-10(4-2-3-7-14)8-11(12)9-13(15)16/h5-6,8H,3,9H2,1H3,(H,15,16). The average Bonchev–Trinajstić information content (AvgIpc) is 2.29. The highest BCUT2D eigenvalue weighted by molar-refractivity contribution is 5.71. The molecule has 0 aliphatic rings. The molecule has 0 heterocycles. The van der Waals surface area contributed by atoms with Gasteiger partial charge in [0.25, 0.3) is 0 Å². The van der Waals surface area contributed by atoms with E-state index in [0.29, 0.717) is 16.9 Å². The first-order valence-electron chi connectivity index (χ1n) is 4.92. The monoisotopic (exact) mass is 229 g/mol. The first kappa shape index (κ1) is 12.6. The first-order valence-corrected chi connectivity index (χ1v) is 4.92. The van der Waals surface area contributed by atoms with Gasteiger partial charge in [-0.2, -0.15) is 5.26 Å². The molecule has 0 saturated heterocycles. The fraction of sp³-hybridized carbons (Fsp3) is 0.231. The van der Waals surface area contributed by atoms with Gasteiger partial charge in [-0.15, -0.1) is 0 Å². The van der Waals surface area contributed by atoms with Crippen LogP contribution in [0.5, 0.6) is 5.75 Å². The van der Waals surface area contributed by atoms with Gasteiger partial charge < -0.3 is 9.84 Å². The Bertz CT molecular complexity index is 518. The number of ether oxygens (including phenoxy) is 1. The summed E-state index contributed by atoms with van der Waals surface area (Å²) in [7, 11) is 1.49. The Morgan fingerprint density at radius 2 is 2.29 bits per heavy atom. The van der Waals surface area contributed by atoms with E-state index in [1.54, 1.807) is 18.2 Å². The highest BCUT2D eigenvalue weighted by Crippen LogP contribution is 2.20. The summed E-state index contributed by atoms with van der Waals surface area (Å²) in [6.07, 6.45) is 0.0389. The van der Waals surface area contributed by atoms with Crippen LogP contribution in [-0.4, -0.2) is 18.2 Å². The quantitative estimate of drug-likeness (QED) is 0.799. The predicted octanol–water partition coefficient (Wildman–Crippen LogP) is 1.59. The van der Waals surface area contributed by atoms with E-state index in [4.69, 9.17) is 15.1 Å². The molecular formula is C13H11NO3. The maximum atomic E-state index is 10.7. The number of rotatable bonds is 3. The number of benzene rings is 1. The summed E-state index contributed by atoms with van der Waals surface area (Å²) >= 11 is 0. The van der Waals surface area contributed by atoms with Crippen LogP contribution in [0.1, 0.15) is 17.5 Å². The van der Waals surface area contributed by atoms with Crippen molar-refractivity contribution in [3.63, 3.8) is 0 Å². The second-order valence-corrected chi connectivity index (χ2v) is 3.23. The van der Waals surface area contributed by atoms with E-state index in [2.05, 4.69) is 11.8 Å². The molecule has 1 rings (SSSR count). The molecule has 1 N–H and O–H groups in total. The molecule has 0 atom stereocenters. The minimum Gasteiger partial charge on any atom is -0.496 e. The Labute approximate surface area is 99.4 Å². The van der Waals surface area contributed by atoms with Crippen molar-refractivity contribution < 1.29 is 14.6 Å². The van der Waals surface area contributed by atoms with Crippen LogP contribution in [0.2, 0.25) is 0 Å². The Morgan fingerprint density at radius 1 is 1.53 bits per heavy atom. The lowest BCUT2D eigenvalue weighted by Gasteiger charge is -2.06. The van der Waals surface area contributed by atoms with E-state index in [1.807, 2.05) is 6.07 Å². The zero-order chi connectivity index (χ0) is 12.7. The molecule has 0 radical (unpaired) electrons. The lowest BCUT2D eigenvalue weighted by Crippen LogP contribution is -2.02. The van der Waals surface area contributed by atoms with Crippen LogP contribution in [0.3, 0.4) is 0 Å². The smallest absolute Gasteiger partial charge is 0.307 e. The summed E-state index contributed by atoms with van der Waals surface area (Å²) in [5, 5.41) is 17.1.